The largest absolute Gasteiger partial charge is 0.444 e. The summed E-state index contributed by atoms with van der Waals surface area (Å²) in [4.78, 5) is 12.3. The summed E-state index contributed by atoms with van der Waals surface area (Å²) < 4.78 is 40.2. The van der Waals surface area contributed by atoms with Crippen molar-refractivity contribution in [1.82, 2.24) is 4.90 Å². The summed E-state index contributed by atoms with van der Waals surface area (Å²) in [5.74, 6) is 0. The predicted molar refractivity (Wildman–Crippen MR) is 48.6 cm³/mol. The Kier molecular flexibility index (Phi) is 1.78. The fraction of sp³-hybridized carbons (Fsp3) is 0.889. The first-order chi connectivity index (χ1) is 7.46. The van der Waals surface area contributed by atoms with Gasteiger partial charge in [0.1, 0.15) is 5.60 Å². The summed E-state index contributed by atoms with van der Waals surface area (Å²) in [6.45, 7) is -0.269. The molecule has 0 atom stereocenters. The number of hydrogen-bond donors (Lipinski definition) is 0. The molecule has 0 aromatic rings. The Hall–Kier alpha value is -0.770. The molecule has 0 bridgehead atoms. The van der Waals surface area contributed by atoms with Crippen LogP contribution >= 0.6 is 0 Å². The molecule has 1 amide bonds. The van der Waals surface area contributed by atoms with E-state index in [1.807, 2.05) is 0 Å². The Morgan fingerprint density at radius 2 is 2.00 bits per heavy atom. The molecule has 1 fully saturated rings. The third kappa shape index (κ3) is 3.63. The van der Waals surface area contributed by atoms with Crippen molar-refractivity contribution in [3.63, 3.8) is 0 Å². The summed E-state index contributed by atoms with van der Waals surface area (Å²) in [5, 5.41) is 0. The van der Waals surface area contributed by atoms with Crippen molar-refractivity contribution in [2.75, 3.05) is 26.2 Å². The molecule has 1 heterocycles. The molecule has 0 N–H and O–H groups in total. The molecule has 0 aliphatic carbocycles. The van der Waals surface area contributed by atoms with Crippen LogP contribution in [0.5, 0.6) is 0 Å². The molecule has 1 saturated heterocycles. The van der Waals surface area contributed by atoms with E-state index < -0.39 is 24.7 Å². The number of rotatable bonds is 0. The Morgan fingerprint density at radius 3 is 2.46 bits per heavy atom. The number of hydrogen-bond acceptors (Lipinski definition) is 3. The quantitative estimate of drug-likeness (QED) is 0.578. The molecule has 4 nitrogen and oxygen atoms in total. The smallest absolute Gasteiger partial charge is 0.410 e. The summed E-state index contributed by atoms with van der Waals surface area (Å²) in [6, 6.07) is 0. The Morgan fingerprint density at radius 1 is 1.46 bits per heavy atom. The fourth-order valence-electron chi connectivity index (χ4n) is 0.764. The van der Waals surface area contributed by atoms with Gasteiger partial charge in [0, 0.05) is 13.0 Å². The molecule has 1 aliphatic rings. The minimum atomic E-state index is -2.22. The van der Waals surface area contributed by atoms with Crippen LogP contribution in [0.25, 0.3) is 0 Å². The summed E-state index contributed by atoms with van der Waals surface area (Å²) in [6.07, 6.45) is -1.02. The number of morpholine rings is 1. The Balaban J connectivity index is 2.94. The van der Waals surface area contributed by atoms with Crippen LogP contribution in [0.3, 0.4) is 0 Å². The molecule has 0 aromatic carbocycles. The highest BCUT2D eigenvalue weighted by Crippen LogP contribution is 2.10. The van der Waals surface area contributed by atoms with Crippen LogP contribution in [0.4, 0.5) is 4.79 Å². The van der Waals surface area contributed by atoms with E-state index in [9.17, 15) is 4.79 Å². The van der Waals surface area contributed by atoms with Gasteiger partial charge in [-0.15, -0.1) is 0 Å². The van der Waals surface area contributed by atoms with Crippen LogP contribution in [0.1, 0.15) is 26.3 Å². The summed E-state index contributed by atoms with van der Waals surface area (Å²) in [5.41, 5.74) is -0.804. The zero-order chi connectivity index (χ0) is 13.5. The van der Waals surface area contributed by atoms with Gasteiger partial charge in [0.25, 0.3) is 0 Å². The van der Waals surface area contributed by atoms with E-state index in [1.54, 1.807) is 20.8 Å². The Bertz CT molecular complexity index is 298. The fourth-order valence-corrected chi connectivity index (χ4v) is 0.764. The first kappa shape index (κ1) is 5.86. The van der Waals surface area contributed by atoms with Crippen LogP contribution in [0.15, 0.2) is 0 Å². The summed E-state index contributed by atoms with van der Waals surface area (Å²) >= 11 is 0. The molecule has 0 saturated carbocycles. The van der Waals surface area contributed by atoms with Crippen molar-refractivity contribution in [2.45, 2.75) is 26.4 Å². The van der Waals surface area contributed by atoms with Gasteiger partial charge in [-0.3, -0.25) is 0 Å². The van der Waals surface area contributed by atoms with Gasteiger partial charge in [-0.1, -0.05) is 0 Å². The standard InChI is InChI=1S/C9H17NO3/c1-9(2,3)13-8(11)10-4-6-12-7-5-10/h4-7H2,1-3H3/i4D2,5D2. The third-order valence-corrected chi connectivity index (χ3v) is 1.23. The van der Waals surface area contributed by atoms with Crippen molar-refractivity contribution < 1.29 is 19.8 Å². The lowest BCUT2D eigenvalue weighted by Crippen LogP contribution is -2.43. The molecule has 13 heavy (non-hydrogen) atoms. The van der Waals surface area contributed by atoms with E-state index in [2.05, 4.69) is 0 Å². The maximum atomic E-state index is 11.8. The minimum absolute atomic E-state index is 0.369. The average molecular weight is 191 g/mol. The topological polar surface area (TPSA) is 38.8 Å². The normalized spacial score (nSPS) is 30.8. The second-order valence-corrected chi connectivity index (χ2v) is 3.62. The van der Waals surface area contributed by atoms with Gasteiger partial charge in [-0.25, -0.2) is 4.79 Å². The molecule has 1 aliphatic heterocycles. The zero-order valence-electron chi connectivity index (χ0n) is 12.1. The van der Waals surface area contributed by atoms with Gasteiger partial charge in [0.05, 0.1) is 18.7 Å². The van der Waals surface area contributed by atoms with Crippen LogP contribution < -0.4 is 0 Å². The van der Waals surface area contributed by atoms with Crippen molar-refractivity contribution in [1.29, 1.82) is 0 Å². The molecular formula is C9H17NO3. The first-order valence-electron chi connectivity index (χ1n) is 6.07. The number of ether oxygens (including phenoxy) is 2. The second-order valence-electron chi connectivity index (χ2n) is 3.62. The molecule has 4 heteroatoms. The minimum Gasteiger partial charge on any atom is -0.444 e. The predicted octanol–water partition coefficient (Wildman–Crippen LogP) is 1.25. The maximum absolute atomic E-state index is 11.8. The number of amides is 1. The van der Waals surface area contributed by atoms with Crippen molar-refractivity contribution in [3.05, 3.63) is 0 Å². The molecule has 0 aromatic heterocycles. The monoisotopic (exact) mass is 191 g/mol. The molecule has 0 spiro atoms. The van der Waals surface area contributed by atoms with Crippen LogP contribution in [0, 0.1) is 0 Å². The van der Waals surface area contributed by atoms with Gasteiger partial charge in [-0.2, -0.15) is 0 Å². The molecule has 1 rings (SSSR count). The van der Waals surface area contributed by atoms with E-state index >= 15 is 0 Å². The molecule has 0 radical (unpaired) electrons. The maximum Gasteiger partial charge on any atom is 0.410 e. The molecule has 76 valence electrons. The SMILES string of the molecule is [2H]C1([2H])COCC([2H])([2H])N1C(=O)OC(C)(C)C. The van der Waals surface area contributed by atoms with E-state index in [4.69, 9.17) is 15.0 Å². The van der Waals surface area contributed by atoms with E-state index in [0.717, 1.165) is 0 Å². The lowest BCUT2D eigenvalue weighted by Gasteiger charge is -2.29. The highest BCUT2D eigenvalue weighted by molar-refractivity contribution is 5.68. The molecule has 0 unspecified atom stereocenters. The van der Waals surface area contributed by atoms with Crippen LogP contribution in [-0.4, -0.2) is 42.8 Å². The van der Waals surface area contributed by atoms with Gasteiger partial charge < -0.3 is 14.4 Å². The lowest BCUT2D eigenvalue weighted by molar-refractivity contribution is -0.00676. The second kappa shape index (κ2) is 3.96. The van der Waals surface area contributed by atoms with E-state index in [-0.39, 0.29) is 13.2 Å². The van der Waals surface area contributed by atoms with Crippen molar-refractivity contribution in [2.24, 2.45) is 0 Å². The highest BCUT2D eigenvalue weighted by atomic mass is 16.6. The van der Waals surface area contributed by atoms with Gasteiger partial charge in [-0.05, 0) is 20.8 Å². The number of carbonyl (C=O) groups excluding carboxylic acids is 1. The molecular weight excluding hydrogens is 170 g/mol. The van der Waals surface area contributed by atoms with Crippen molar-refractivity contribution >= 4 is 6.09 Å². The zero-order valence-corrected chi connectivity index (χ0v) is 8.09. The first-order valence-corrected chi connectivity index (χ1v) is 4.07. The van der Waals surface area contributed by atoms with Gasteiger partial charge >= 0.3 is 6.09 Å². The van der Waals surface area contributed by atoms with Crippen LogP contribution in [-0.2, 0) is 9.47 Å². The van der Waals surface area contributed by atoms with Gasteiger partial charge in [0.2, 0.25) is 0 Å². The van der Waals surface area contributed by atoms with Gasteiger partial charge in [0.15, 0.2) is 0 Å². The van der Waals surface area contributed by atoms with Crippen molar-refractivity contribution in [3.8, 4) is 0 Å². The number of carbonyl (C=O) groups is 1. The van der Waals surface area contributed by atoms with Crippen LogP contribution in [0.2, 0.25) is 0 Å². The number of nitrogens with zero attached hydrogens (tertiary/aromatic N) is 1. The van der Waals surface area contributed by atoms with E-state index in [1.165, 1.54) is 0 Å². The van der Waals surface area contributed by atoms with E-state index in [0.29, 0.717) is 4.90 Å². The summed E-state index contributed by atoms with van der Waals surface area (Å²) in [7, 11) is 0. The highest BCUT2D eigenvalue weighted by Gasteiger charge is 2.23. The lowest BCUT2D eigenvalue weighted by atomic mass is 10.2. The third-order valence-electron chi connectivity index (χ3n) is 1.23. The average Bonchev–Trinajstić information content (AvgIpc) is 1.94. The Labute approximate surface area is 84.4 Å².